The molecule has 0 heterocycles. The monoisotopic (exact) mass is 212 g/mol. The highest BCUT2D eigenvalue weighted by molar-refractivity contribution is 6.03. The first kappa shape index (κ1) is 11.6. The van der Waals surface area contributed by atoms with E-state index in [9.17, 15) is 4.39 Å². The molecule has 0 amide bonds. The summed E-state index contributed by atoms with van der Waals surface area (Å²) in [5.41, 5.74) is 1.22. The van der Waals surface area contributed by atoms with E-state index in [4.69, 9.17) is 5.90 Å². The van der Waals surface area contributed by atoms with Gasteiger partial charge in [0.2, 0.25) is 0 Å². The summed E-state index contributed by atoms with van der Waals surface area (Å²) in [6, 6.07) is 5.85. The van der Waals surface area contributed by atoms with Gasteiger partial charge in [-0.05, 0) is 19.1 Å². The van der Waals surface area contributed by atoms with E-state index in [1.54, 1.807) is 19.1 Å². The molecular formula is C10H13FN2O2. The predicted molar refractivity (Wildman–Crippen MR) is 54.7 cm³/mol. The van der Waals surface area contributed by atoms with Gasteiger partial charge in [0.25, 0.3) is 0 Å². The van der Waals surface area contributed by atoms with Crippen LogP contribution in [-0.4, -0.2) is 18.9 Å². The second-order valence-electron chi connectivity index (χ2n) is 2.94. The average Bonchev–Trinajstić information content (AvgIpc) is 2.26. The molecule has 15 heavy (non-hydrogen) atoms. The molecule has 4 nitrogen and oxygen atoms in total. The Kier molecular flexibility index (Phi) is 4.20. The van der Waals surface area contributed by atoms with Crippen molar-refractivity contribution in [2.75, 3.05) is 7.11 Å². The lowest BCUT2D eigenvalue weighted by Crippen LogP contribution is -2.25. The van der Waals surface area contributed by atoms with Crippen LogP contribution in [0.1, 0.15) is 12.5 Å². The Morgan fingerprint density at radius 2 is 2.00 bits per heavy atom. The minimum atomic E-state index is -0.421. The topological polar surface area (TPSA) is 56.8 Å². The van der Waals surface area contributed by atoms with Crippen LogP contribution in [0.25, 0.3) is 0 Å². The van der Waals surface area contributed by atoms with Crippen LogP contribution in [0.15, 0.2) is 29.4 Å². The molecule has 1 atom stereocenters. The second kappa shape index (κ2) is 5.43. The van der Waals surface area contributed by atoms with Gasteiger partial charge in [0.05, 0.1) is 0 Å². The molecule has 5 heteroatoms. The highest BCUT2D eigenvalue weighted by atomic mass is 19.1. The van der Waals surface area contributed by atoms with Gasteiger partial charge in [0, 0.05) is 5.56 Å². The summed E-state index contributed by atoms with van der Waals surface area (Å²) < 4.78 is 12.7. The molecule has 0 aliphatic carbocycles. The Bertz CT molecular complexity index is 338. The zero-order valence-electron chi connectivity index (χ0n) is 8.61. The number of halogens is 1. The maximum Gasteiger partial charge on any atom is 0.123 e. The van der Waals surface area contributed by atoms with Gasteiger partial charge in [0.15, 0.2) is 0 Å². The molecule has 0 aliphatic rings. The first-order valence-corrected chi connectivity index (χ1v) is 4.41. The average molecular weight is 212 g/mol. The molecule has 1 aromatic rings. The third kappa shape index (κ3) is 3.00. The van der Waals surface area contributed by atoms with Crippen molar-refractivity contribution in [2.24, 2.45) is 11.1 Å². The van der Waals surface area contributed by atoms with Crippen molar-refractivity contribution in [3.63, 3.8) is 0 Å². The van der Waals surface area contributed by atoms with Crippen molar-refractivity contribution in [1.82, 2.24) is 0 Å². The minimum Gasteiger partial charge on any atom is -0.399 e. The predicted octanol–water partition coefficient (Wildman–Crippen LogP) is 1.46. The SMILES string of the molecule is CO/N=C(/c1ccc(F)cc1)C(C)ON. The molecule has 1 rings (SSSR count). The zero-order chi connectivity index (χ0) is 11.3. The van der Waals surface area contributed by atoms with Gasteiger partial charge in [-0.1, -0.05) is 17.3 Å². The molecule has 0 saturated carbocycles. The molecule has 0 saturated heterocycles. The zero-order valence-corrected chi connectivity index (χ0v) is 8.61. The quantitative estimate of drug-likeness (QED) is 0.607. The van der Waals surface area contributed by atoms with Crippen LogP contribution in [0.2, 0.25) is 0 Å². The van der Waals surface area contributed by atoms with E-state index in [2.05, 4.69) is 14.8 Å². The molecule has 0 radical (unpaired) electrons. The number of nitrogens with two attached hydrogens (primary N) is 1. The standard InChI is InChI=1S/C10H13FN2O2/c1-7(15-12)10(13-14-2)8-3-5-9(11)6-4-8/h3-7H,12H2,1-2H3/b13-10+. The van der Waals surface area contributed by atoms with E-state index < -0.39 is 6.10 Å². The Morgan fingerprint density at radius 3 is 2.47 bits per heavy atom. The Morgan fingerprint density at radius 1 is 1.40 bits per heavy atom. The van der Waals surface area contributed by atoms with E-state index in [0.29, 0.717) is 11.3 Å². The lowest BCUT2D eigenvalue weighted by Gasteiger charge is -2.11. The van der Waals surface area contributed by atoms with Crippen LogP contribution in [0, 0.1) is 5.82 Å². The second-order valence-corrected chi connectivity index (χ2v) is 2.94. The number of nitrogens with zero attached hydrogens (tertiary/aromatic N) is 1. The molecule has 0 aromatic heterocycles. The van der Waals surface area contributed by atoms with Gasteiger partial charge in [-0.25, -0.2) is 10.3 Å². The van der Waals surface area contributed by atoms with Gasteiger partial charge >= 0.3 is 0 Å². The van der Waals surface area contributed by atoms with E-state index in [0.717, 1.165) is 0 Å². The Hall–Kier alpha value is -1.46. The first-order valence-electron chi connectivity index (χ1n) is 4.41. The van der Waals surface area contributed by atoms with Crippen LogP contribution in [-0.2, 0) is 9.68 Å². The third-order valence-corrected chi connectivity index (χ3v) is 1.92. The van der Waals surface area contributed by atoms with Crippen LogP contribution in [0.3, 0.4) is 0 Å². The van der Waals surface area contributed by atoms with Gasteiger partial charge in [-0.2, -0.15) is 0 Å². The minimum absolute atomic E-state index is 0.308. The third-order valence-electron chi connectivity index (χ3n) is 1.92. The highest BCUT2D eigenvalue weighted by Gasteiger charge is 2.13. The molecule has 1 unspecified atom stereocenters. The van der Waals surface area contributed by atoms with Gasteiger partial charge in [-0.3, -0.25) is 4.84 Å². The Balaban J connectivity index is 2.99. The smallest absolute Gasteiger partial charge is 0.123 e. The fourth-order valence-corrected chi connectivity index (χ4v) is 1.15. The summed E-state index contributed by atoms with van der Waals surface area (Å²) in [7, 11) is 1.42. The highest BCUT2D eigenvalue weighted by Crippen LogP contribution is 2.08. The van der Waals surface area contributed by atoms with E-state index in [-0.39, 0.29) is 5.82 Å². The molecule has 0 fully saturated rings. The number of rotatable bonds is 4. The fourth-order valence-electron chi connectivity index (χ4n) is 1.15. The molecule has 0 aliphatic heterocycles. The Labute approximate surface area is 87.4 Å². The fraction of sp³-hybridized carbons (Fsp3) is 0.300. The van der Waals surface area contributed by atoms with Gasteiger partial charge in [-0.15, -0.1) is 0 Å². The van der Waals surface area contributed by atoms with Crippen LogP contribution in [0.5, 0.6) is 0 Å². The van der Waals surface area contributed by atoms with Gasteiger partial charge < -0.3 is 4.84 Å². The van der Waals surface area contributed by atoms with Crippen molar-refractivity contribution < 1.29 is 14.1 Å². The summed E-state index contributed by atoms with van der Waals surface area (Å²) in [4.78, 5) is 9.32. The van der Waals surface area contributed by atoms with Crippen molar-refractivity contribution in [3.05, 3.63) is 35.6 Å². The number of oxime groups is 1. The van der Waals surface area contributed by atoms with Crippen molar-refractivity contribution >= 4 is 5.71 Å². The first-order chi connectivity index (χ1) is 7.19. The number of hydrogen-bond acceptors (Lipinski definition) is 4. The molecule has 2 N–H and O–H groups in total. The summed E-state index contributed by atoms with van der Waals surface area (Å²) >= 11 is 0. The lowest BCUT2D eigenvalue weighted by molar-refractivity contribution is 0.107. The van der Waals surface area contributed by atoms with Crippen molar-refractivity contribution in [3.8, 4) is 0 Å². The van der Waals surface area contributed by atoms with Crippen LogP contribution < -0.4 is 5.90 Å². The molecule has 82 valence electrons. The number of hydrogen-bond donors (Lipinski definition) is 1. The molecule has 0 spiro atoms. The summed E-state index contributed by atoms with van der Waals surface area (Å²) in [5.74, 6) is 4.75. The number of benzene rings is 1. The maximum absolute atomic E-state index is 12.7. The molecule has 0 bridgehead atoms. The van der Waals surface area contributed by atoms with Gasteiger partial charge in [0.1, 0.15) is 24.7 Å². The largest absolute Gasteiger partial charge is 0.399 e. The normalized spacial score (nSPS) is 13.7. The van der Waals surface area contributed by atoms with Crippen LogP contribution >= 0.6 is 0 Å². The molecular weight excluding hydrogens is 199 g/mol. The summed E-state index contributed by atoms with van der Waals surface area (Å²) in [5, 5.41) is 3.78. The van der Waals surface area contributed by atoms with Crippen molar-refractivity contribution in [2.45, 2.75) is 13.0 Å². The van der Waals surface area contributed by atoms with Crippen LogP contribution in [0.4, 0.5) is 4.39 Å². The summed E-state index contributed by atoms with van der Waals surface area (Å²) in [6.07, 6.45) is -0.421. The van der Waals surface area contributed by atoms with E-state index >= 15 is 0 Å². The molecule has 1 aromatic carbocycles. The summed E-state index contributed by atoms with van der Waals surface area (Å²) in [6.45, 7) is 1.72. The maximum atomic E-state index is 12.7. The lowest BCUT2D eigenvalue weighted by atomic mass is 10.1. The van der Waals surface area contributed by atoms with E-state index in [1.165, 1.54) is 19.2 Å². The van der Waals surface area contributed by atoms with Crippen molar-refractivity contribution in [1.29, 1.82) is 0 Å². The van der Waals surface area contributed by atoms with E-state index in [1.807, 2.05) is 0 Å².